The maximum atomic E-state index is 13.3. The summed E-state index contributed by atoms with van der Waals surface area (Å²) in [6.07, 6.45) is 0.809. The molecule has 0 fully saturated rings. The summed E-state index contributed by atoms with van der Waals surface area (Å²) < 4.78 is 26.7. The molecule has 0 spiro atoms. The maximum absolute atomic E-state index is 13.3. The van der Waals surface area contributed by atoms with E-state index in [4.69, 9.17) is 0 Å². The van der Waals surface area contributed by atoms with Crippen molar-refractivity contribution in [3.8, 4) is 0 Å². The van der Waals surface area contributed by atoms with Crippen molar-refractivity contribution in [2.45, 2.75) is 26.2 Å². The van der Waals surface area contributed by atoms with Crippen LogP contribution in [0.15, 0.2) is 48.5 Å². The number of halogens is 2. The highest BCUT2D eigenvalue weighted by atomic mass is 19.1. The van der Waals surface area contributed by atoms with Gasteiger partial charge in [-0.3, -0.25) is 4.79 Å². The maximum Gasteiger partial charge on any atom is 0.170 e. The first-order valence-corrected chi connectivity index (χ1v) is 7.08. The lowest BCUT2D eigenvalue weighted by Crippen LogP contribution is -2.20. The molecule has 3 heteroatoms. The number of carbonyl (C=O) groups excluding carboxylic acids is 1. The standard InChI is InChI=1S/C18H18F2O/c1-3-12(2)17(13-7-5-4-6-8-13)18(21)14-9-15(19)11-16(20)10-14/h4-12,17H,3H2,1-2H3. The van der Waals surface area contributed by atoms with Gasteiger partial charge in [0.1, 0.15) is 11.6 Å². The summed E-state index contributed by atoms with van der Waals surface area (Å²) in [5, 5.41) is 0. The van der Waals surface area contributed by atoms with Gasteiger partial charge in [-0.2, -0.15) is 0 Å². The summed E-state index contributed by atoms with van der Waals surface area (Å²) in [5.74, 6) is -2.00. The number of carbonyl (C=O) groups is 1. The van der Waals surface area contributed by atoms with Crippen LogP contribution >= 0.6 is 0 Å². The van der Waals surface area contributed by atoms with Crippen LogP contribution in [0, 0.1) is 17.6 Å². The van der Waals surface area contributed by atoms with E-state index in [9.17, 15) is 13.6 Å². The normalized spacial score (nSPS) is 13.7. The molecule has 2 rings (SSSR count). The molecule has 2 unspecified atom stereocenters. The molecule has 2 atom stereocenters. The zero-order valence-corrected chi connectivity index (χ0v) is 12.1. The SMILES string of the molecule is CCC(C)C(C(=O)c1cc(F)cc(F)c1)c1ccccc1. The van der Waals surface area contributed by atoms with Crippen molar-refractivity contribution in [3.63, 3.8) is 0 Å². The molecule has 0 aliphatic carbocycles. The van der Waals surface area contributed by atoms with Crippen molar-refractivity contribution in [2.24, 2.45) is 5.92 Å². The summed E-state index contributed by atoms with van der Waals surface area (Å²) in [7, 11) is 0. The first kappa shape index (κ1) is 15.4. The smallest absolute Gasteiger partial charge is 0.170 e. The van der Waals surface area contributed by atoms with E-state index in [0.717, 1.165) is 30.2 Å². The van der Waals surface area contributed by atoms with E-state index in [1.165, 1.54) is 0 Å². The molecule has 21 heavy (non-hydrogen) atoms. The Labute approximate surface area is 123 Å². The molecule has 2 aromatic carbocycles. The zero-order chi connectivity index (χ0) is 15.4. The molecule has 0 radical (unpaired) electrons. The number of ketones is 1. The van der Waals surface area contributed by atoms with Crippen LogP contribution in [-0.4, -0.2) is 5.78 Å². The molecule has 0 aliphatic rings. The molecule has 0 saturated heterocycles. The molecular formula is C18H18F2O. The van der Waals surface area contributed by atoms with Gasteiger partial charge in [-0.05, 0) is 23.6 Å². The molecule has 0 aromatic heterocycles. The number of benzene rings is 2. The van der Waals surface area contributed by atoms with Gasteiger partial charge >= 0.3 is 0 Å². The van der Waals surface area contributed by atoms with Gasteiger partial charge in [0.05, 0.1) is 0 Å². The van der Waals surface area contributed by atoms with Crippen molar-refractivity contribution in [1.29, 1.82) is 0 Å². The molecule has 0 N–H and O–H groups in total. The minimum absolute atomic E-state index is 0.0849. The average Bonchev–Trinajstić information content (AvgIpc) is 2.47. The van der Waals surface area contributed by atoms with Crippen LogP contribution in [0.2, 0.25) is 0 Å². The van der Waals surface area contributed by atoms with Crippen LogP contribution in [0.25, 0.3) is 0 Å². The van der Waals surface area contributed by atoms with E-state index in [0.29, 0.717) is 0 Å². The molecule has 110 valence electrons. The largest absolute Gasteiger partial charge is 0.293 e. The van der Waals surface area contributed by atoms with Crippen LogP contribution in [0.5, 0.6) is 0 Å². The van der Waals surface area contributed by atoms with Crippen LogP contribution in [0.4, 0.5) is 8.78 Å². The first-order chi connectivity index (χ1) is 10.0. The first-order valence-electron chi connectivity index (χ1n) is 7.08. The topological polar surface area (TPSA) is 17.1 Å². The fraction of sp³-hybridized carbons (Fsp3) is 0.278. The van der Waals surface area contributed by atoms with Crippen molar-refractivity contribution >= 4 is 5.78 Å². The van der Waals surface area contributed by atoms with Gasteiger partial charge in [-0.25, -0.2) is 8.78 Å². The number of Topliss-reactive ketones (excluding diaryl/α,β-unsaturated/α-hetero) is 1. The highest BCUT2D eigenvalue weighted by molar-refractivity contribution is 6.01. The van der Waals surface area contributed by atoms with Gasteiger partial charge in [-0.15, -0.1) is 0 Å². The summed E-state index contributed by atoms with van der Waals surface area (Å²) >= 11 is 0. The molecule has 1 nitrogen and oxygen atoms in total. The molecule has 0 amide bonds. The fourth-order valence-electron chi connectivity index (χ4n) is 2.51. The van der Waals surface area contributed by atoms with E-state index in [1.807, 2.05) is 44.2 Å². The van der Waals surface area contributed by atoms with Crippen LogP contribution in [0.1, 0.15) is 42.1 Å². The lowest BCUT2D eigenvalue weighted by atomic mass is 9.80. The molecule has 0 aliphatic heterocycles. The molecule has 0 bridgehead atoms. The van der Waals surface area contributed by atoms with Gasteiger partial charge in [0.15, 0.2) is 5.78 Å². The van der Waals surface area contributed by atoms with Crippen LogP contribution < -0.4 is 0 Å². The Morgan fingerprint density at radius 2 is 1.62 bits per heavy atom. The molecule has 2 aromatic rings. The van der Waals surface area contributed by atoms with Crippen molar-refractivity contribution in [3.05, 3.63) is 71.3 Å². The minimum atomic E-state index is -0.727. The lowest BCUT2D eigenvalue weighted by molar-refractivity contribution is 0.0931. The number of hydrogen-bond acceptors (Lipinski definition) is 1. The highest BCUT2D eigenvalue weighted by Crippen LogP contribution is 2.30. The van der Waals surface area contributed by atoms with Crippen molar-refractivity contribution in [1.82, 2.24) is 0 Å². The zero-order valence-electron chi connectivity index (χ0n) is 12.1. The molecular weight excluding hydrogens is 270 g/mol. The number of rotatable bonds is 5. The predicted molar refractivity (Wildman–Crippen MR) is 79.3 cm³/mol. The fourth-order valence-corrected chi connectivity index (χ4v) is 2.51. The minimum Gasteiger partial charge on any atom is -0.293 e. The van der Waals surface area contributed by atoms with Crippen LogP contribution in [-0.2, 0) is 0 Å². The summed E-state index contributed by atoms with van der Waals surface area (Å²) in [4.78, 5) is 12.7. The molecule has 0 saturated carbocycles. The van der Waals surface area contributed by atoms with E-state index in [2.05, 4.69) is 0 Å². The van der Waals surface area contributed by atoms with Crippen molar-refractivity contribution in [2.75, 3.05) is 0 Å². The third-order valence-electron chi connectivity index (χ3n) is 3.80. The van der Waals surface area contributed by atoms with Gasteiger partial charge in [0, 0.05) is 17.5 Å². The van der Waals surface area contributed by atoms with E-state index >= 15 is 0 Å². The quantitative estimate of drug-likeness (QED) is 0.709. The van der Waals surface area contributed by atoms with Gasteiger partial charge in [0.25, 0.3) is 0 Å². The Balaban J connectivity index is 2.43. The summed E-state index contributed by atoms with van der Waals surface area (Å²) in [6, 6.07) is 12.3. The number of hydrogen-bond donors (Lipinski definition) is 0. The second-order valence-corrected chi connectivity index (χ2v) is 5.30. The summed E-state index contributed by atoms with van der Waals surface area (Å²) in [5.41, 5.74) is 0.961. The van der Waals surface area contributed by atoms with Crippen LogP contribution in [0.3, 0.4) is 0 Å². The van der Waals surface area contributed by atoms with E-state index < -0.39 is 17.6 Å². The second-order valence-electron chi connectivity index (χ2n) is 5.30. The second kappa shape index (κ2) is 6.61. The van der Waals surface area contributed by atoms with Gasteiger partial charge in [-0.1, -0.05) is 50.6 Å². The van der Waals surface area contributed by atoms with Gasteiger partial charge < -0.3 is 0 Å². The van der Waals surface area contributed by atoms with Crippen molar-refractivity contribution < 1.29 is 13.6 Å². The van der Waals surface area contributed by atoms with Gasteiger partial charge in [0.2, 0.25) is 0 Å². The Morgan fingerprint density at radius 3 is 2.14 bits per heavy atom. The average molecular weight is 288 g/mol. The Morgan fingerprint density at radius 1 is 1.05 bits per heavy atom. The molecule has 0 heterocycles. The Hall–Kier alpha value is -2.03. The monoisotopic (exact) mass is 288 g/mol. The Kier molecular flexibility index (Phi) is 4.84. The third-order valence-corrected chi connectivity index (χ3v) is 3.80. The lowest BCUT2D eigenvalue weighted by Gasteiger charge is -2.22. The highest BCUT2D eigenvalue weighted by Gasteiger charge is 2.27. The van der Waals surface area contributed by atoms with E-state index in [-0.39, 0.29) is 17.3 Å². The van der Waals surface area contributed by atoms with E-state index in [1.54, 1.807) is 0 Å². The Bertz CT molecular complexity index is 602. The predicted octanol–water partition coefficient (Wildman–Crippen LogP) is 4.98. The third kappa shape index (κ3) is 3.54. The summed E-state index contributed by atoms with van der Waals surface area (Å²) in [6.45, 7) is 3.98.